The number of rotatable bonds is 4. The fourth-order valence-electron chi connectivity index (χ4n) is 2.82. The van der Waals surface area contributed by atoms with Gasteiger partial charge in [0.05, 0.1) is 10.6 Å². The predicted molar refractivity (Wildman–Crippen MR) is 106 cm³/mol. The average Bonchev–Trinajstić information content (AvgIpc) is 3.10. The standard InChI is InChI=1S/C21H15N3O4/c1-13-4-2-3-5-17(13)21-23-18-8-6-15(11-20(18)28-21)22-12-14-10-16(24(26)27)7-9-19(14)25/h2-12,25H,1H3. The molecule has 1 aromatic heterocycles. The van der Waals surface area contributed by atoms with Crippen LogP contribution in [0, 0.1) is 17.0 Å². The van der Waals surface area contributed by atoms with Gasteiger partial charge in [0.15, 0.2) is 5.58 Å². The van der Waals surface area contributed by atoms with Crippen LogP contribution in [0.3, 0.4) is 0 Å². The van der Waals surface area contributed by atoms with Crippen molar-refractivity contribution < 1.29 is 14.4 Å². The van der Waals surface area contributed by atoms with Gasteiger partial charge in [0.25, 0.3) is 5.69 Å². The van der Waals surface area contributed by atoms with Crippen LogP contribution in [0.2, 0.25) is 0 Å². The molecule has 0 amide bonds. The molecule has 1 N–H and O–H groups in total. The molecule has 0 fully saturated rings. The summed E-state index contributed by atoms with van der Waals surface area (Å²) in [6.45, 7) is 1.99. The SMILES string of the molecule is Cc1ccccc1-c1nc2ccc(N=Cc3cc([N+](=O)[O-])ccc3O)cc2o1. The van der Waals surface area contributed by atoms with Gasteiger partial charge in [0, 0.05) is 35.5 Å². The third-order valence-electron chi connectivity index (χ3n) is 4.32. The van der Waals surface area contributed by atoms with E-state index in [1.165, 1.54) is 24.4 Å². The number of aromatic nitrogens is 1. The number of oxazole rings is 1. The molecule has 0 saturated carbocycles. The van der Waals surface area contributed by atoms with Gasteiger partial charge >= 0.3 is 0 Å². The lowest BCUT2D eigenvalue weighted by Gasteiger charge is -1.99. The number of aryl methyl sites for hydroxylation is 1. The van der Waals surface area contributed by atoms with Crippen molar-refractivity contribution in [1.29, 1.82) is 0 Å². The molecule has 0 aliphatic rings. The lowest BCUT2D eigenvalue weighted by atomic mass is 10.1. The molecule has 0 atom stereocenters. The minimum atomic E-state index is -0.523. The van der Waals surface area contributed by atoms with Crippen LogP contribution in [0.25, 0.3) is 22.6 Å². The van der Waals surface area contributed by atoms with Gasteiger partial charge in [-0.2, -0.15) is 0 Å². The summed E-state index contributed by atoms with van der Waals surface area (Å²) in [5.74, 6) is 0.447. The fourth-order valence-corrected chi connectivity index (χ4v) is 2.82. The molecule has 7 heteroatoms. The molecule has 1 heterocycles. The smallest absolute Gasteiger partial charge is 0.270 e. The van der Waals surface area contributed by atoms with Crippen molar-refractivity contribution in [2.75, 3.05) is 0 Å². The second-order valence-electron chi connectivity index (χ2n) is 6.24. The number of hydrogen-bond donors (Lipinski definition) is 1. The highest BCUT2D eigenvalue weighted by Gasteiger charge is 2.11. The summed E-state index contributed by atoms with van der Waals surface area (Å²) in [5, 5.41) is 20.8. The van der Waals surface area contributed by atoms with Crippen LogP contribution < -0.4 is 0 Å². The van der Waals surface area contributed by atoms with Crippen LogP contribution in [0.4, 0.5) is 11.4 Å². The summed E-state index contributed by atoms with van der Waals surface area (Å²) in [6, 6.07) is 16.9. The Kier molecular flexibility index (Phi) is 4.33. The van der Waals surface area contributed by atoms with Crippen molar-refractivity contribution in [3.63, 3.8) is 0 Å². The van der Waals surface area contributed by atoms with E-state index in [0.29, 0.717) is 22.7 Å². The first-order valence-corrected chi connectivity index (χ1v) is 8.49. The molecule has 0 radical (unpaired) electrons. The number of benzene rings is 3. The second kappa shape index (κ2) is 6.96. The van der Waals surface area contributed by atoms with Gasteiger partial charge in [0.2, 0.25) is 5.89 Å². The van der Waals surface area contributed by atoms with Gasteiger partial charge in [-0.15, -0.1) is 0 Å². The number of fused-ring (bicyclic) bond motifs is 1. The Hall–Kier alpha value is -4.00. The van der Waals surface area contributed by atoms with E-state index in [2.05, 4.69) is 9.98 Å². The van der Waals surface area contributed by atoms with E-state index in [9.17, 15) is 15.2 Å². The summed E-state index contributed by atoms with van der Waals surface area (Å²) >= 11 is 0. The van der Waals surface area contributed by atoms with Crippen molar-refractivity contribution in [2.24, 2.45) is 4.99 Å². The molecule has 0 aliphatic heterocycles. The van der Waals surface area contributed by atoms with Crippen molar-refractivity contribution in [1.82, 2.24) is 4.98 Å². The van der Waals surface area contributed by atoms with E-state index in [-0.39, 0.29) is 17.0 Å². The van der Waals surface area contributed by atoms with Gasteiger partial charge in [-0.25, -0.2) is 4.98 Å². The molecule has 0 aliphatic carbocycles. The highest BCUT2D eigenvalue weighted by molar-refractivity contribution is 5.87. The van der Waals surface area contributed by atoms with Gasteiger partial charge in [-0.3, -0.25) is 15.1 Å². The normalized spacial score (nSPS) is 11.3. The van der Waals surface area contributed by atoms with E-state index >= 15 is 0 Å². The first-order chi connectivity index (χ1) is 13.5. The quantitative estimate of drug-likeness (QED) is 0.302. The third-order valence-corrected chi connectivity index (χ3v) is 4.32. The van der Waals surface area contributed by atoms with Crippen LogP contribution in [0.1, 0.15) is 11.1 Å². The van der Waals surface area contributed by atoms with Gasteiger partial charge in [0.1, 0.15) is 11.3 Å². The highest BCUT2D eigenvalue weighted by atomic mass is 16.6. The summed E-state index contributed by atoms with van der Waals surface area (Å²) in [7, 11) is 0. The van der Waals surface area contributed by atoms with Gasteiger partial charge < -0.3 is 9.52 Å². The summed E-state index contributed by atoms with van der Waals surface area (Å²) in [5.41, 5.74) is 3.98. The van der Waals surface area contributed by atoms with E-state index in [1.54, 1.807) is 18.2 Å². The van der Waals surface area contributed by atoms with E-state index < -0.39 is 4.92 Å². The van der Waals surface area contributed by atoms with Crippen LogP contribution in [0.15, 0.2) is 70.1 Å². The number of non-ortho nitro benzene ring substituents is 1. The lowest BCUT2D eigenvalue weighted by molar-refractivity contribution is -0.384. The van der Waals surface area contributed by atoms with Crippen molar-refractivity contribution in [2.45, 2.75) is 6.92 Å². The van der Waals surface area contributed by atoms with Crippen molar-refractivity contribution in [3.8, 4) is 17.2 Å². The highest BCUT2D eigenvalue weighted by Crippen LogP contribution is 2.29. The molecular formula is C21H15N3O4. The first-order valence-electron chi connectivity index (χ1n) is 8.49. The van der Waals surface area contributed by atoms with Crippen LogP contribution in [0.5, 0.6) is 5.75 Å². The molecule has 4 aromatic rings. The maximum atomic E-state index is 10.9. The molecule has 28 heavy (non-hydrogen) atoms. The number of aliphatic imine (C=N–C) groups is 1. The molecule has 0 spiro atoms. The number of nitro benzene ring substituents is 1. The first kappa shape index (κ1) is 17.4. The number of hydrogen-bond acceptors (Lipinski definition) is 6. The zero-order valence-corrected chi connectivity index (χ0v) is 14.9. The number of aromatic hydroxyl groups is 1. The maximum absolute atomic E-state index is 10.9. The zero-order valence-electron chi connectivity index (χ0n) is 14.9. The summed E-state index contributed by atoms with van der Waals surface area (Å²) in [6.07, 6.45) is 1.38. The third kappa shape index (κ3) is 3.33. The zero-order chi connectivity index (χ0) is 19.7. The van der Waals surface area contributed by atoms with E-state index in [4.69, 9.17) is 4.42 Å². The van der Waals surface area contributed by atoms with Gasteiger partial charge in [-0.1, -0.05) is 18.2 Å². The van der Waals surface area contributed by atoms with E-state index in [0.717, 1.165) is 11.1 Å². The fraction of sp³-hybridized carbons (Fsp3) is 0.0476. The monoisotopic (exact) mass is 373 g/mol. The molecule has 4 rings (SSSR count). The molecule has 7 nitrogen and oxygen atoms in total. The number of phenols is 1. The minimum Gasteiger partial charge on any atom is -0.507 e. The largest absolute Gasteiger partial charge is 0.507 e. The molecule has 0 bridgehead atoms. The molecule has 0 saturated heterocycles. The Balaban J connectivity index is 1.67. The molecule has 138 valence electrons. The van der Waals surface area contributed by atoms with Crippen LogP contribution >= 0.6 is 0 Å². The van der Waals surface area contributed by atoms with E-state index in [1.807, 2.05) is 31.2 Å². The van der Waals surface area contributed by atoms with Crippen LogP contribution in [-0.4, -0.2) is 21.2 Å². The maximum Gasteiger partial charge on any atom is 0.270 e. The molecular weight excluding hydrogens is 358 g/mol. The summed E-state index contributed by atoms with van der Waals surface area (Å²) in [4.78, 5) is 19.2. The molecule has 3 aromatic carbocycles. The van der Waals surface area contributed by atoms with Gasteiger partial charge in [-0.05, 0) is 36.8 Å². The van der Waals surface area contributed by atoms with Crippen molar-refractivity contribution >= 4 is 28.7 Å². The van der Waals surface area contributed by atoms with Crippen LogP contribution in [-0.2, 0) is 0 Å². The Bertz CT molecular complexity index is 1230. The molecule has 0 unspecified atom stereocenters. The Morgan fingerprint density at radius 3 is 2.75 bits per heavy atom. The summed E-state index contributed by atoms with van der Waals surface area (Å²) < 4.78 is 5.88. The average molecular weight is 373 g/mol. The topological polar surface area (TPSA) is 102 Å². The predicted octanol–water partition coefficient (Wildman–Crippen LogP) is 5.17. The minimum absolute atomic E-state index is 0.0862. The van der Waals surface area contributed by atoms with Crippen molar-refractivity contribution in [3.05, 3.63) is 81.9 Å². The Labute approximate surface area is 159 Å². The Morgan fingerprint density at radius 1 is 1.14 bits per heavy atom. The number of nitro groups is 1. The lowest BCUT2D eigenvalue weighted by Crippen LogP contribution is -1.90. The Morgan fingerprint density at radius 2 is 1.96 bits per heavy atom. The number of nitrogens with zero attached hydrogens (tertiary/aromatic N) is 3. The number of phenolic OH excluding ortho intramolecular Hbond substituents is 1. The second-order valence-corrected chi connectivity index (χ2v) is 6.24.